The van der Waals surface area contributed by atoms with Gasteiger partial charge in [0.2, 0.25) is 5.91 Å². The molecule has 2 aliphatic rings. The molecule has 0 aliphatic carbocycles. The first-order valence-corrected chi connectivity index (χ1v) is 9.93. The van der Waals surface area contributed by atoms with E-state index < -0.39 is 0 Å². The number of hydrogen-bond donors (Lipinski definition) is 0. The van der Waals surface area contributed by atoms with Gasteiger partial charge in [-0.25, -0.2) is 4.39 Å². The molecule has 0 N–H and O–H groups in total. The first-order chi connectivity index (χ1) is 13.1. The van der Waals surface area contributed by atoms with Crippen molar-refractivity contribution in [1.29, 1.82) is 0 Å². The number of aromatic nitrogens is 2. The molecule has 4 rings (SSSR count). The van der Waals surface area contributed by atoms with Crippen LogP contribution in [0.5, 0.6) is 0 Å². The lowest BCUT2D eigenvalue weighted by Gasteiger charge is -2.36. The third-order valence-corrected chi connectivity index (χ3v) is 5.62. The minimum atomic E-state index is -0.332. The summed E-state index contributed by atoms with van der Waals surface area (Å²) in [5.74, 6) is -0.145. The Hall–Kier alpha value is -2.21. The van der Waals surface area contributed by atoms with E-state index in [2.05, 4.69) is 16.1 Å². The molecular formula is C21H27FN4O. The molecule has 0 unspecified atom stereocenters. The highest BCUT2D eigenvalue weighted by molar-refractivity contribution is 5.83. The maximum Gasteiger partial charge on any atom is 0.244 e. The molecule has 1 aromatic carbocycles. The van der Waals surface area contributed by atoms with Crippen LogP contribution >= 0.6 is 0 Å². The zero-order chi connectivity index (χ0) is 18.8. The molecule has 0 radical (unpaired) electrons. The first kappa shape index (κ1) is 18.2. The predicted octanol–water partition coefficient (Wildman–Crippen LogP) is 3.29. The minimum absolute atomic E-state index is 0.121. The summed E-state index contributed by atoms with van der Waals surface area (Å²) in [5, 5.41) is 4.53. The van der Waals surface area contributed by atoms with Gasteiger partial charge in [-0.1, -0.05) is 18.6 Å². The molecule has 1 atom stereocenters. The molecule has 144 valence electrons. The van der Waals surface area contributed by atoms with E-state index in [1.807, 2.05) is 16.5 Å². The van der Waals surface area contributed by atoms with Gasteiger partial charge in [-0.3, -0.25) is 14.4 Å². The third kappa shape index (κ3) is 3.90. The van der Waals surface area contributed by atoms with E-state index in [1.165, 1.54) is 18.6 Å². The molecule has 1 amide bonds. The van der Waals surface area contributed by atoms with Crippen molar-refractivity contribution in [1.82, 2.24) is 19.6 Å². The van der Waals surface area contributed by atoms with Gasteiger partial charge >= 0.3 is 0 Å². The molecule has 0 spiro atoms. The van der Waals surface area contributed by atoms with E-state index in [9.17, 15) is 9.18 Å². The van der Waals surface area contributed by atoms with Crippen LogP contribution < -0.4 is 0 Å². The molecule has 0 saturated carbocycles. The molecule has 2 aromatic rings. The molecule has 27 heavy (non-hydrogen) atoms. The van der Waals surface area contributed by atoms with E-state index in [1.54, 1.807) is 12.1 Å². The van der Waals surface area contributed by atoms with Crippen molar-refractivity contribution in [2.45, 2.75) is 51.7 Å². The van der Waals surface area contributed by atoms with Gasteiger partial charge in [0, 0.05) is 13.1 Å². The van der Waals surface area contributed by atoms with Crippen molar-refractivity contribution in [2.24, 2.45) is 0 Å². The van der Waals surface area contributed by atoms with E-state index in [0.717, 1.165) is 62.4 Å². The van der Waals surface area contributed by atoms with Crippen LogP contribution in [0.3, 0.4) is 0 Å². The lowest BCUT2D eigenvalue weighted by atomic mass is 10.00. The molecule has 6 heteroatoms. The van der Waals surface area contributed by atoms with Gasteiger partial charge in [-0.2, -0.15) is 5.10 Å². The van der Waals surface area contributed by atoms with Gasteiger partial charge in [-0.05, 0) is 63.0 Å². The number of rotatable bonds is 3. The monoisotopic (exact) mass is 370 g/mol. The van der Waals surface area contributed by atoms with Crippen molar-refractivity contribution in [3.05, 3.63) is 53.1 Å². The number of hydrogen-bond acceptors (Lipinski definition) is 3. The van der Waals surface area contributed by atoms with Crippen LogP contribution in [0.2, 0.25) is 0 Å². The van der Waals surface area contributed by atoms with E-state index in [-0.39, 0.29) is 17.8 Å². The van der Waals surface area contributed by atoms with Gasteiger partial charge in [0.1, 0.15) is 11.9 Å². The van der Waals surface area contributed by atoms with Crippen molar-refractivity contribution in [3.63, 3.8) is 0 Å². The van der Waals surface area contributed by atoms with Gasteiger partial charge in [0.15, 0.2) is 0 Å². The standard InChI is InChI=1S/C21H27FN4O/c1-16-14-19-15-25(12-5-13-26(19)23-16)21(27)20(24-10-3-2-4-11-24)17-6-8-18(22)9-7-17/h6-9,14,20H,2-5,10-13,15H2,1H3/t20-/m1/s1. The highest BCUT2D eigenvalue weighted by atomic mass is 19.1. The smallest absolute Gasteiger partial charge is 0.244 e. The zero-order valence-corrected chi connectivity index (χ0v) is 15.9. The number of piperidine rings is 1. The highest BCUT2D eigenvalue weighted by Gasteiger charge is 2.33. The number of carbonyl (C=O) groups excluding carboxylic acids is 1. The van der Waals surface area contributed by atoms with E-state index in [4.69, 9.17) is 0 Å². The number of amides is 1. The van der Waals surface area contributed by atoms with Crippen LogP contribution in [0, 0.1) is 12.7 Å². The SMILES string of the molecule is Cc1cc2n(n1)CCCN(C(=O)[C@@H](c1ccc(F)cc1)N1CCCCC1)C2. The van der Waals surface area contributed by atoms with Gasteiger partial charge < -0.3 is 4.90 Å². The largest absolute Gasteiger partial charge is 0.335 e. The van der Waals surface area contributed by atoms with Crippen LogP contribution in [-0.2, 0) is 17.9 Å². The number of nitrogens with zero attached hydrogens (tertiary/aromatic N) is 4. The topological polar surface area (TPSA) is 41.4 Å². The molecule has 3 heterocycles. The Morgan fingerprint density at radius 1 is 1.04 bits per heavy atom. The van der Waals surface area contributed by atoms with Gasteiger partial charge in [-0.15, -0.1) is 0 Å². The Balaban J connectivity index is 1.62. The second-order valence-electron chi connectivity index (χ2n) is 7.66. The van der Waals surface area contributed by atoms with Crippen molar-refractivity contribution in [3.8, 4) is 0 Å². The Morgan fingerprint density at radius 3 is 2.52 bits per heavy atom. The van der Waals surface area contributed by atoms with Crippen molar-refractivity contribution >= 4 is 5.91 Å². The van der Waals surface area contributed by atoms with Crippen LogP contribution in [0.25, 0.3) is 0 Å². The summed E-state index contributed by atoms with van der Waals surface area (Å²) in [7, 11) is 0. The summed E-state index contributed by atoms with van der Waals surface area (Å²) in [6.45, 7) is 5.98. The molecule has 1 aromatic heterocycles. The molecule has 1 saturated heterocycles. The summed E-state index contributed by atoms with van der Waals surface area (Å²) in [4.78, 5) is 17.8. The second kappa shape index (κ2) is 7.80. The summed E-state index contributed by atoms with van der Waals surface area (Å²) in [6, 6.07) is 8.18. The quantitative estimate of drug-likeness (QED) is 0.833. The second-order valence-corrected chi connectivity index (χ2v) is 7.66. The number of benzene rings is 1. The Labute approximate surface area is 159 Å². The maximum atomic E-state index is 13.6. The number of aryl methyl sites for hydroxylation is 2. The lowest BCUT2D eigenvalue weighted by molar-refractivity contribution is -0.138. The molecule has 1 fully saturated rings. The van der Waals surface area contributed by atoms with E-state index in [0.29, 0.717) is 6.54 Å². The fourth-order valence-electron chi connectivity index (χ4n) is 4.30. The number of likely N-dealkylation sites (tertiary alicyclic amines) is 1. The van der Waals surface area contributed by atoms with Crippen LogP contribution in [0.1, 0.15) is 48.7 Å². The van der Waals surface area contributed by atoms with Crippen molar-refractivity contribution in [2.75, 3.05) is 19.6 Å². The molecular weight excluding hydrogens is 343 g/mol. The van der Waals surface area contributed by atoms with Crippen LogP contribution in [0.4, 0.5) is 4.39 Å². The summed E-state index contributed by atoms with van der Waals surface area (Å²) < 4.78 is 15.5. The lowest BCUT2D eigenvalue weighted by Crippen LogP contribution is -2.44. The summed E-state index contributed by atoms with van der Waals surface area (Å²) in [5.41, 5.74) is 2.97. The Morgan fingerprint density at radius 2 is 1.78 bits per heavy atom. The summed E-state index contributed by atoms with van der Waals surface area (Å²) >= 11 is 0. The fourth-order valence-corrected chi connectivity index (χ4v) is 4.30. The predicted molar refractivity (Wildman–Crippen MR) is 102 cm³/mol. The number of fused-ring (bicyclic) bond motifs is 1. The average molecular weight is 370 g/mol. The fraction of sp³-hybridized carbons (Fsp3) is 0.524. The third-order valence-electron chi connectivity index (χ3n) is 5.62. The van der Waals surface area contributed by atoms with Crippen LogP contribution in [0.15, 0.2) is 30.3 Å². The average Bonchev–Trinajstić information content (AvgIpc) is 2.91. The molecule has 5 nitrogen and oxygen atoms in total. The molecule has 2 aliphatic heterocycles. The highest BCUT2D eigenvalue weighted by Crippen LogP contribution is 2.28. The molecule has 0 bridgehead atoms. The number of halogens is 1. The first-order valence-electron chi connectivity index (χ1n) is 9.93. The van der Waals surface area contributed by atoms with Crippen molar-refractivity contribution < 1.29 is 9.18 Å². The van der Waals surface area contributed by atoms with E-state index >= 15 is 0 Å². The van der Waals surface area contributed by atoms with Crippen LogP contribution in [-0.4, -0.2) is 45.1 Å². The van der Waals surface area contributed by atoms with Gasteiger partial charge in [0.05, 0.1) is 17.9 Å². The maximum absolute atomic E-state index is 13.6. The Bertz CT molecular complexity index is 795. The zero-order valence-electron chi connectivity index (χ0n) is 15.9. The normalized spacial score (nSPS) is 19.4. The Kier molecular flexibility index (Phi) is 5.25. The minimum Gasteiger partial charge on any atom is -0.335 e. The summed E-state index contributed by atoms with van der Waals surface area (Å²) in [6.07, 6.45) is 4.33. The number of carbonyl (C=O) groups is 1. The van der Waals surface area contributed by atoms with Gasteiger partial charge in [0.25, 0.3) is 0 Å².